The smallest absolute Gasteiger partial charge is 0.199 e. The summed E-state index contributed by atoms with van der Waals surface area (Å²) < 4.78 is 0. The van der Waals surface area contributed by atoms with E-state index in [1.807, 2.05) is 18.7 Å². The third-order valence-electron chi connectivity index (χ3n) is 3.03. The van der Waals surface area contributed by atoms with Gasteiger partial charge in [-0.15, -0.1) is 0 Å². The highest BCUT2D eigenvalue weighted by Crippen LogP contribution is 2.26. The van der Waals surface area contributed by atoms with Gasteiger partial charge in [0.2, 0.25) is 0 Å². The minimum atomic E-state index is -0.155. The molecule has 0 saturated carbocycles. The van der Waals surface area contributed by atoms with E-state index in [1.165, 1.54) is 0 Å². The van der Waals surface area contributed by atoms with Crippen molar-refractivity contribution in [2.75, 3.05) is 13.1 Å². The molecule has 0 aliphatic heterocycles. The quantitative estimate of drug-likeness (QED) is 0.589. The van der Waals surface area contributed by atoms with E-state index >= 15 is 0 Å². The first-order chi connectivity index (χ1) is 8.19. The summed E-state index contributed by atoms with van der Waals surface area (Å²) in [4.78, 5) is 26.1. The van der Waals surface area contributed by atoms with Crippen molar-refractivity contribution in [2.45, 2.75) is 13.8 Å². The lowest BCUT2D eigenvalue weighted by molar-refractivity contribution is 0.0985. The zero-order valence-electron chi connectivity index (χ0n) is 10.1. The maximum Gasteiger partial charge on any atom is 0.199 e. The van der Waals surface area contributed by atoms with E-state index in [4.69, 9.17) is 0 Å². The SMILES string of the molecule is CCN(C=C1C(=O)c2ccccc2C1=O)CC. The van der Waals surface area contributed by atoms with Crippen LogP contribution >= 0.6 is 0 Å². The molecule has 0 amide bonds. The van der Waals surface area contributed by atoms with E-state index in [9.17, 15) is 9.59 Å². The first-order valence-electron chi connectivity index (χ1n) is 5.83. The van der Waals surface area contributed by atoms with Crippen molar-refractivity contribution in [2.24, 2.45) is 0 Å². The van der Waals surface area contributed by atoms with E-state index in [1.54, 1.807) is 30.5 Å². The molecular formula is C14H15NO2. The zero-order valence-corrected chi connectivity index (χ0v) is 10.1. The van der Waals surface area contributed by atoms with E-state index in [0.717, 1.165) is 13.1 Å². The molecule has 1 aliphatic rings. The second-order valence-corrected chi connectivity index (χ2v) is 3.97. The van der Waals surface area contributed by atoms with Gasteiger partial charge in [-0.25, -0.2) is 0 Å². The van der Waals surface area contributed by atoms with Crippen LogP contribution in [0.2, 0.25) is 0 Å². The minimum Gasteiger partial charge on any atom is -0.377 e. The fraction of sp³-hybridized carbons (Fsp3) is 0.286. The molecule has 2 rings (SSSR count). The Morgan fingerprint density at radius 2 is 1.47 bits per heavy atom. The Bertz CT molecular complexity index is 462. The van der Waals surface area contributed by atoms with Crippen LogP contribution in [0.4, 0.5) is 0 Å². The van der Waals surface area contributed by atoms with Crippen molar-refractivity contribution in [1.82, 2.24) is 4.90 Å². The third kappa shape index (κ3) is 1.88. The van der Waals surface area contributed by atoms with Crippen LogP contribution in [-0.4, -0.2) is 29.6 Å². The third-order valence-corrected chi connectivity index (χ3v) is 3.03. The van der Waals surface area contributed by atoms with E-state index in [-0.39, 0.29) is 17.1 Å². The molecule has 0 spiro atoms. The van der Waals surface area contributed by atoms with E-state index in [0.29, 0.717) is 11.1 Å². The molecule has 0 heterocycles. The molecule has 0 saturated heterocycles. The monoisotopic (exact) mass is 229 g/mol. The van der Waals surface area contributed by atoms with Gasteiger partial charge in [-0.1, -0.05) is 24.3 Å². The number of rotatable bonds is 3. The average molecular weight is 229 g/mol. The number of Topliss-reactive ketones (excluding diaryl/α,β-unsaturated/α-hetero) is 2. The Kier molecular flexibility index (Phi) is 3.09. The molecule has 0 aromatic heterocycles. The second-order valence-electron chi connectivity index (χ2n) is 3.97. The number of carbonyl (C=O) groups is 2. The molecule has 1 aliphatic carbocycles. The van der Waals surface area contributed by atoms with Gasteiger partial charge in [-0.2, -0.15) is 0 Å². The summed E-state index contributed by atoms with van der Waals surface area (Å²) in [7, 11) is 0. The molecule has 0 atom stereocenters. The molecular weight excluding hydrogens is 214 g/mol. The lowest BCUT2D eigenvalue weighted by Crippen LogP contribution is -2.18. The van der Waals surface area contributed by atoms with E-state index in [2.05, 4.69) is 0 Å². The highest BCUT2D eigenvalue weighted by atomic mass is 16.2. The summed E-state index contributed by atoms with van der Waals surface area (Å²) in [6.45, 7) is 5.57. The van der Waals surface area contributed by atoms with Crippen LogP contribution in [0.25, 0.3) is 0 Å². The van der Waals surface area contributed by atoms with Gasteiger partial charge in [0.25, 0.3) is 0 Å². The van der Waals surface area contributed by atoms with Crippen LogP contribution in [0.1, 0.15) is 34.6 Å². The van der Waals surface area contributed by atoms with Crippen LogP contribution in [0, 0.1) is 0 Å². The van der Waals surface area contributed by atoms with Crippen molar-refractivity contribution in [3.63, 3.8) is 0 Å². The van der Waals surface area contributed by atoms with Gasteiger partial charge in [0.1, 0.15) is 0 Å². The predicted molar refractivity (Wildman–Crippen MR) is 66.1 cm³/mol. The average Bonchev–Trinajstić information content (AvgIpc) is 2.61. The molecule has 0 N–H and O–H groups in total. The summed E-state index contributed by atoms with van der Waals surface area (Å²) in [5, 5.41) is 0. The summed E-state index contributed by atoms with van der Waals surface area (Å²) >= 11 is 0. The highest BCUT2D eigenvalue weighted by molar-refractivity contribution is 6.39. The van der Waals surface area contributed by atoms with Gasteiger partial charge in [-0.3, -0.25) is 9.59 Å². The normalized spacial score (nSPS) is 13.9. The molecule has 88 valence electrons. The van der Waals surface area contributed by atoms with Crippen molar-refractivity contribution >= 4 is 11.6 Å². The number of hydrogen-bond acceptors (Lipinski definition) is 3. The first-order valence-corrected chi connectivity index (χ1v) is 5.83. The van der Waals surface area contributed by atoms with Crippen LogP contribution in [-0.2, 0) is 0 Å². The maximum atomic E-state index is 12.1. The maximum absolute atomic E-state index is 12.1. The molecule has 1 aromatic carbocycles. The minimum absolute atomic E-state index is 0.155. The fourth-order valence-electron chi connectivity index (χ4n) is 1.98. The number of benzene rings is 1. The molecule has 0 unspecified atom stereocenters. The first kappa shape index (κ1) is 11.6. The Labute approximate surface area is 101 Å². The summed E-state index contributed by atoms with van der Waals surface area (Å²) in [6, 6.07) is 6.98. The van der Waals surface area contributed by atoms with Gasteiger partial charge in [-0.05, 0) is 13.8 Å². The lowest BCUT2D eigenvalue weighted by atomic mass is 10.1. The van der Waals surface area contributed by atoms with Crippen molar-refractivity contribution in [3.8, 4) is 0 Å². The van der Waals surface area contributed by atoms with Gasteiger partial charge >= 0.3 is 0 Å². The number of ketones is 2. The number of carbonyl (C=O) groups excluding carboxylic acids is 2. The Morgan fingerprint density at radius 1 is 1.00 bits per heavy atom. The number of hydrogen-bond donors (Lipinski definition) is 0. The zero-order chi connectivity index (χ0) is 12.4. The molecule has 3 heteroatoms. The molecule has 1 aromatic rings. The molecule has 0 bridgehead atoms. The largest absolute Gasteiger partial charge is 0.377 e. The second kappa shape index (κ2) is 4.53. The van der Waals surface area contributed by atoms with Gasteiger partial charge in [0, 0.05) is 30.4 Å². The van der Waals surface area contributed by atoms with Crippen LogP contribution in [0.15, 0.2) is 36.0 Å². The van der Waals surface area contributed by atoms with Crippen molar-refractivity contribution < 1.29 is 9.59 Å². The topological polar surface area (TPSA) is 37.4 Å². The van der Waals surface area contributed by atoms with Crippen LogP contribution < -0.4 is 0 Å². The van der Waals surface area contributed by atoms with Gasteiger partial charge in [0.15, 0.2) is 11.6 Å². The van der Waals surface area contributed by atoms with Gasteiger partial charge < -0.3 is 4.90 Å². The van der Waals surface area contributed by atoms with Gasteiger partial charge in [0.05, 0.1) is 5.57 Å². The molecule has 3 nitrogen and oxygen atoms in total. The summed E-state index contributed by atoms with van der Waals surface area (Å²) in [5.74, 6) is -0.310. The van der Waals surface area contributed by atoms with E-state index < -0.39 is 0 Å². The Balaban J connectivity index is 2.43. The molecule has 0 fully saturated rings. The Morgan fingerprint density at radius 3 is 1.88 bits per heavy atom. The van der Waals surface area contributed by atoms with Crippen molar-refractivity contribution in [1.29, 1.82) is 0 Å². The van der Waals surface area contributed by atoms with Crippen molar-refractivity contribution in [3.05, 3.63) is 47.2 Å². The highest BCUT2D eigenvalue weighted by Gasteiger charge is 2.32. The lowest BCUT2D eigenvalue weighted by Gasteiger charge is -2.15. The van der Waals surface area contributed by atoms with Crippen LogP contribution in [0.3, 0.4) is 0 Å². The predicted octanol–water partition coefficient (Wildman–Crippen LogP) is 2.29. The fourth-order valence-corrected chi connectivity index (χ4v) is 1.98. The Hall–Kier alpha value is -1.90. The number of allylic oxidation sites excluding steroid dienone is 1. The summed E-state index contributed by atoms with van der Waals surface area (Å²) in [5.41, 5.74) is 1.33. The summed E-state index contributed by atoms with van der Waals surface area (Å²) in [6.07, 6.45) is 1.69. The number of fused-ring (bicyclic) bond motifs is 1. The molecule has 17 heavy (non-hydrogen) atoms. The molecule has 0 radical (unpaired) electrons. The standard InChI is InChI=1S/C14H15NO2/c1-3-15(4-2)9-12-13(16)10-7-5-6-8-11(10)14(12)17/h5-9H,3-4H2,1-2H3. The number of nitrogens with zero attached hydrogens (tertiary/aromatic N) is 1. The van der Waals surface area contributed by atoms with Crippen LogP contribution in [0.5, 0.6) is 0 Å².